The van der Waals surface area contributed by atoms with Crippen LogP contribution in [0.2, 0.25) is 5.02 Å². The molecule has 6 rings (SSSR count). The van der Waals surface area contributed by atoms with Gasteiger partial charge in [-0.2, -0.15) is 0 Å². The Morgan fingerprint density at radius 1 is 1.12 bits per heavy atom. The SMILES string of the molecule is CCOC(=O)C1=C(C)N=c2s/c(=C/c3cn(CC(=O)N4CCCC4)c4ccccc34)c(=O)n2[C@H]1c1ccc(Cl)cc1. The molecule has 0 saturated carbocycles. The summed E-state index contributed by atoms with van der Waals surface area (Å²) in [4.78, 5) is 47.1. The highest BCUT2D eigenvalue weighted by Gasteiger charge is 2.33. The van der Waals surface area contributed by atoms with Crippen molar-refractivity contribution in [3.63, 3.8) is 0 Å². The first kappa shape index (κ1) is 27.2. The van der Waals surface area contributed by atoms with Gasteiger partial charge in [-0.3, -0.25) is 14.2 Å². The first-order chi connectivity index (χ1) is 19.9. The maximum absolute atomic E-state index is 14.0. The highest BCUT2D eigenvalue weighted by Crippen LogP contribution is 2.31. The number of hydrogen-bond acceptors (Lipinski definition) is 6. The number of thiazole rings is 1. The lowest BCUT2D eigenvalue weighted by Crippen LogP contribution is -2.39. The molecule has 0 N–H and O–H groups in total. The number of carbonyl (C=O) groups is 2. The maximum Gasteiger partial charge on any atom is 0.338 e. The summed E-state index contributed by atoms with van der Waals surface area (Å²) in [6, 6.07) is 14.3. The zero-order valence-electron chi connectivity index (χ0n) is 22.8. The summed E-state index contributed by atoms with van der Waals surface area (Å²) in [7, 11) is 0. The Morgan fingerprint density at radius 2 is 1.85 bits per heavy atom. The molecule has 4 heterocycles. The summed E-state index contributed by atoms with van der Waals surface area (Å²) in [5.74, 6) is -0.409. The molecular weight excluding hydrogens is 560 g/mol. The summed E-state index contributed by atoms with van der Waals surface area (Å²) < 4.78 is 9.37. The number of hydrogen-bond donors (Lipinski definition) is 0. The van der Waals surface area contributed by atoms with Crippen molar-refractivity contribution in [1.29, 1.82) is 0 Å². The topological polar surface area (TPSA) is 85.9 Å². The lowest BCUT2D eigenvalue weighted by Gasteiger charge is -2.24. The molecule has 2 aliphatic rings. The average Bonchev–Trinajstić information content (AvgIpc) is 3.68. The van der Waals surface area contributed by atoms with Crippen LogP contribution in [0.15, 0.2) is 75.8 Å². The van der Waals surface area contributed by atoms with E-state index in [9.17, 15) is 14.4 Å². The number of halogens is 1. The first-order valence-corrected chi connectivity index (χ1v) is 14.9. The zero-order valence-corrected chi connectivity index (χ0v) is 24.4. The molecular formula is C31H29ClN4O4S. The van der Waals surface area contributed by atoms with Crippen LogP contribution < -0.4 is 14.9 Å². The summed E-state index contributed by atoms with van der Waals surface area (Å²) >= 11 is 7.43. The van der Waals surface area contributed by atoms with E-state index in [-0.39, 0.29) is 24.6 Å². The molecule has 1 fully saturated rings. The van der Waals surface area contributed by atoms with Crippen LogP contribution in [-0.4, -0.2) is 45.6 Å². The van der Waals surface area contributed by atoms with Crippen molar-refractivity contribution in [3.8, 4) is 0 Å². The Labute approximate surface area is 245 Å². The summed E-state index contributed by atoms with van der Waals surface area (Å²) in [5.41, 5.74) is 3.07. The van der Waals surface area contributed by atoms with Gasteiger partial charge in [-0.05, 0) is 56.5 Å². The van der Waals surface area contributed by atoms with E-state index in [1.165, 1.54) is 11.3 Å². The number of para-hydroxylation sites is 1. The molecule has 0 unspecified atom stereocenters. The van der Waals surface area contributed by atoms with Crippen molar-refractivity contribution in [1.82, 2.24) is 14.0 Å². The molecule has 41 heavy (non-hydrogen) atoms. The van der Waals surface area contributed by atoms with Gasteiger partial charge in [0.25, 0.3) is 5.56 Å². The summed E-state index contributed by atoms with van der Waals surface area (Å²) in [5, 5.41) is 1.50. The minimum atomic E-state index is -0.704. The van der Waals surface area contributed by atoms with Gasteiger partial charge in [0.05, 0.1) is 28.5 Å². The number of esters is 1. The smallest absolute Gasteiger partial charge is 0.338 e. The van der Waals surface area contributed by atoms with Gasteiger partial charge in [0.15, 0.2) is 4.80 Å². The van der Waals surface area contributed by atoms with E-state index in [0.29, 0.717) is 25.6 Å². The normalized spacial score (nSPS) is 17.2. The summed E-state index contributed by atoms with van der Waals surface area (Å²) in [6.07, 6.45) is 5.87. The van der Waals surface area contributed by atoms with E-state index in [1.54, 1.807) is 30.5 Å². The lowest BCUT2D eigenvalue weighted by molar-refractivity contribution is -0.139. The Balaban J connectivity index is 1.48. The molecule has 4 aromatic rings. The second-order valence-corrected chi connectivity index (χ2v) is 11.6. The van der Waals surface area contributed by atoms with Crippen molar-refractivity contribution in [3.05, 3.63) is 102 Å². The molecule has 1 amide bonds. The third-order valence-electron chi connectivity index (χ3n) is 7.57. The van der Waals surface area contributed by atoms with E-state index in [0.717, 1.165) is 48.0 Å². The van der Waals surface area contributed by atoms with E-state index >= 15 is 0 Å². The van der Waals surface area contributed by atoms with Crippen LogP contribution in [0.25, 0.3) is 17.0 Å². The van der Waals surface area contributed by atoms with Crippen molar-refractivity contribution >= 4 is 51.8 Å². The van der Waals surface area contributed by atoms with E-state index in [2.05, 4.69) is 4.99 Å². The fraction of sp³-hybridized carbons (Fsp3) is 0.290. The summed E-state index contributed by atoms with van der Waals surface area (Å²) in [6.45, 7) is 5.56. The lowest BCUT2D eigenvalue weighted by atomic mass is 9.96. The van der Waals surface area contributed by atoms with Gasteiger partial charge in [-0.1, -0.05) is 53.3 Å². The number of amides is 1. The second kappa shape index (κ2) is 11.1. The van der Waals surface area contributed by atoms with Gasteiger partial charge >= 0.3 is 5.97 Å². The number of fused-ring (bicyclic) bond motifs is 2. The average molecular weight is 589 g/mol. The number of ether oxygens (including phenoxy) is 1. The third-order valence-corrected chi connectivity index (χ3v) is 8.81. The van der Waals surface area contributed by atoms with Crippen molar-refractivity contribution in [2.24, 2.45) is 4.99 Å². The molecule has 2 aromatic carbocycles. The fourth-order valence-corrected chi connectivity index (χ4v) is 6.79. The minimum Gasteiger partial charge on any atom is -0.463 e. The number of allylic oxidation sites excluding steroid dienone is 1. The largest absolute Gasteiger partial charge is 0.463 e. The van der Waals surface area contributed by atoms with Crippen molar-refractivity contribution in [2.75, 3.05) is 19.7 Å². The first-order valence-electron chi connectivity index (χ1n) is 13.7. The third kappa shape index (κ3) is 5.04. The van der Waals surface area contributed by atoms with Crippen LogP contribution in [-0.2, 0) is 20.9 Å². The van der Waals surface area contributed by atoms with Gasteiger partial charge in [0.1, 0.15) is 6.54 Å². The quantitative estimate of drug-likeness (QED) is 0.318. The molecule has 2 aliphatic heterocycles. The van der Waals surface area contributed by atoms with Crippen molar-refractivity contribution < 1.29 is 14.3 Å². The highest BCUT2D eigenvalue weighted by molar-refractivity contribution is 7.07. The molecule has 2 aromatic heterocycles. The minimum absolute atomic E-state index is 0.0964. The maximum atomic E-state index is 14.0. The number of nitrogens with zero attached hydrogens (tertiary/aromatic N) is 4. The number of rotatable bonds is 6. The predicted molar refractivity (Wildman–Crippen MR) is 160 cm³/mol. The molecule has 0 bridgehead atoms. The van der Waals surface area contributed by atoms with Crippen LogP contribution >= 0.6 is 22.9 Å². The van der Waals surface area contributed by atoms with Crippen LogP contribution in [0.4, 0.5) is 0 Å². The molecule has 210 valence electrons. The Morgan fingerprint density at radius 3 is 2.59 bits per heavy atom. The number of carbonyl (C=O) groups excluding carboxylic acids is 2. The fourth-order valence-electron chi connectivity index (χ4n) is 5.63. The molecule has 1 atom stereocenters. The van der Waals surface area contributed by atoms with Gasteiger partial charge in [-0.15, -0.1) is 0 Å². The van der Waals surface area contributed by atoms with Gasteiger partial charge in [0.2, 0.25) is 5.91 Å². The van der Waals surface area contributed by atoms with Gasteiger partial charge in [-0.25, -0.2) is 9.79 Å². The molecule has 0 spiro atoms. The van der Waals surface area contributed by atoms with Crippen LogP contribution in [0.5, 0.6) is 0 Å². The predicted octanol–water partition coefficient (Wildman–Crippen LogP) is 4.03. The van der Waals surface area contributed by atoms with E-state index in [4.69, 9.17) is 16.3 Å². The molecule has 0 radical (unpaired) electrons. The number of benzene rings is 2. The van der Waals surface area contributed by atoms with Crippen LogP contribution in [0.3, 0.4) is 0 Å². The molecule has 10 heteroatoms. The van der Waals surface area contributed by atoms with Gasteiger partial charge in [0, 0.05) is 40.8 Å². The van der Waals surface area contributed by atoms with E-state index in [1.807, 2.05) is 58.1 Å². The zero-order chi connectivity index (χ0) is 28.7. The molecule has 0 aliphatic carbocycles. The monoisotopic (exact) mass is 588 g/mol. The Hall–Kier alpha value is -3.95. The van der Waals surface area contributed by atoms with Crippen LogP contribution in [0, 0.1) is 0 Å². The molecule has 8 nitrogen and oxygen atoms in total. The molecule has 1 saturated heterocycles. The Kier molecular flexibility index (Phi) is 7.40. The second-order valence-electron chi connectivity index (χ2n) is 10.2. The van der Waals surface area contributed by atoms with E-state index < -0.39 is 12.0 Å². The number of aromatic nitrogens is 2. The standard InChI is InChI=1S/C31H29ClN4O4S/c1-3-40-30(39)27-19(2)33-31-36(28(27)20-10-12-22(32)13-11-20)29(38)25(41-31)16-21-17-35(24-9-5-4-8-23(21)24)18-26(37)34-14-6-7-15-34/h4-5,8-13,16-17,28H,3,6-7,14-15,18H2,1-2H3/b25-16+/t28-/m0/s1. The highest BCUT2D eigenvalue weighted by atomic mass is 35.5. The van der Waals surface area contributed by atoms with Crippen LogP contribution in [0.1, 0.15) is 43.9 Å². The number of likely N-dealkylation sites (tertiary alicyclic amines) is 1. The Bertz CT molecular complexity index is 1880. The van der Waals surface area contributed by atoms with Gasteiger partial charge < -0.3 is 14.2 Å². The van der Waals surface area contributed by atoms with Crippen molar-refractivity contribution in [2.45, 2.75) is 39.3 Å².